The summed E-state index contributed by atoms with van der Waals surface area (Å²) in [5.74, 6) is 0.195. The van der Waals surface area contributed by atoms with Crippen molar-refractivity contribution < 1.29 is 14.6 Å². The third-order valence-electron chi connectivity index (χ3n) is 7.07. The lowest BCUT2D eigenvalue weighted by Gasteiger charge is -2.28. The molecule has 4 rings (SSSR count). The number of hydrogen-bond acceptors (Lipinski definition) is 5. The molecule has 0 spiro atoms. The van der Waals surface area contributed by atoms with Crippen molar-refractivity contribution >= 4 is 33.8 Å². The number of carbonyl (C=O) groups is 1. The Labute approximate surface area is 230 Å². The number of rotatable bonds is 6. The minimum Gasteiger partial charge on any atom is -0.507 e. The van der Waals surface area contributed by atoms with Gasteiger partial charge in [-0.15, -0.1) is 17.0 Å². The van der Waals surface area contributed by atoms with Crippen LogP contribution in [0.15, 0.2) is 36.4 Å². The maximum atomic E-state index is 13.7. The summed E-state index contributed by atoms with van der Waals surface area (Å²) in [7, 11) is 0. The largest absolute Gasteiger partial charge is 0.507 e. The second kappa shape index (κ2) is 11.1. The first kappa shape index (κ1) is 29.1. The molecule has 7 nitrogen and oxygen atoms in total. The molecular weight excluding hydrogens is 532 g/mol. The molecule has 2 aromatic carbocycles. The molecule has 2 heterocycles. The monoisotopic (exact) mass is 572 g/mol. The van der Waals surface area contributed by atoms with Gasteiger partial charge in [0.2, 0.25) is 5.62 Å². The van der Waals surface area contributed by atoms with E-state index in [-0.39, 0.29) is 45.9 Å². The van der Waals surface area contributed by atoms with Gasteiger partial charge in [-0.3, -0.25) is 15.1 Å². The lowest BCUT2D eigenvalue weighted by Crippen LogP contribution is -2.39. The number of hydrogen-bond donors (Lipinski definition) is 2. The van der Waals surface area contributed by atoms with E-state index in [2.05, 4.69) is 4.90 Å². The molecule has 2 N–H and O–H groups in total. The third-order valence-corrected chi connectivity index (χ3v) is 7.07. The zero-order chi connectivity index (χ0) is 26.3. The van der Waals surface area contributed by atoms with Crippen LogP contribution in [0.25, 0.3) is 11.0 Å². The van der Waals surface area contributed by atoms with Crippen LogP contribution >= 0.6 is 17.0 Å². The number of morpholine rings is 1. The fourth-order valence-corrected chi connectivity index (χ4v) is 4.92. The number of imidazole rings is 1. The fourth-order valence-electron chi connectivity index (χ4n) is 4.92. The Balaban J connectivity index is 0.00000380. The van der Waals surface area contributed by atoms with E-state index in [4.69, 9.17) is 10.1 Å². The number of phenols is 1. The van der Waals surface area contributed by atoms with E-state index in [1.807, 2.05) is 82.5 Å². The number of ketones is 1. The van der Waals surface area contributed by atoms with E-state index in [1.54, 1.807) is 4.57 Å². The van der Waals surface area contributed by atoms with Crippen molar-refractivity contribution in [2.75, 3.05) is 32.8 Å². The first-order chi connectivity index (χ1) is 16.9. The van der Waals surface area contributed by atoms with Crippen molar-refractivity contribution in [2.24, 2.45) is 0 Å². The number of halogens is 1. The molecule has 202 valence electrons. The Hall–Kier alpha value is -2.42. The number of fused-ring (bicyclic) bond motifs is 1. The highest BCUT2D eigenvalue weighted by molar-refractivity contribution is 8.93. The van der Waals surface area contributed by atoms with Crippen LogP contribution in [0.4, 0.5) is 0 Å². The van der Waals surface area contributed by atoms with E-state index >= 15 is 0 Å². The van der Waals surface area contributed by atoms with Gasteiger partial charge < -0.3 is 19.0 Å². The van der Waals surface area contributed by atoms with Crippen LogP contribution in [-0.2, 0) is 28.7 Å². The van der Waals surface area contributed by atoms with Gasteiger partial charge in [-0.2, -0.15) is 0 Å². The number of aromatic nitrogens is 2. The van der Waals surface area contributed by atoms with Gasteiger partial charge in [0.1, 0.15) is 5.75 Å². The highest BCUT2D eigenvalue weighted by atomic mass is 79.9. The van der Waals surface area contributed by atoms with Gasteiger partial charge in [0.15, 0.2) is 5.78 Å². The summed E-state index contributed by atoms with van der Waals surface area (Å²) in [5, 5.41) is 20.0. The topological polar surface area (TPSA) is 83.5 Å². The highest BCUT2D eigenvalue weighted by Gasteiger charge is 2.28. The Morgan fingerprint density at radius 1 is 0.919 bits per heavy atom. The lowest BCUT2D eigenvalue weighted by molar-refractivity contribution is 0.0363. The molecule has 1 saturated heterocycles. The quantitative estimate of drug-likeness (QED) is 0.406. The Bertz CT molecular complexity index is 1290. The molecule has 37 heavy (non-hydrogen) atoms. The van der Waals surface area contributed by atoms with Crippen LogP contribution in [0, 0.1) is 5.41 Å². The molecule has 0 aliphatic carbocycles. The minimum absolute atomic E-state index is 0. The zero-order valence-corrected chi connectivity index (χ0v) is 24.6. The van der Waals surface area contributed by atoms with Crippen molar-refractivity contribution in [2.45, 2.75) is 65.5 Å². The lowest BCUT2D eigenvalue weighted by atomic mass is 9.78. The SMILES string of the molecule is Br.CC(C)(C)c1cc(C(=O)Cn2c(=N)n(CCN3CCOCC3)c3ccccc32)cc(C(C)(C)C)c1O. The number of phenolic OH excluding ortho intramolecular Hbond substituents is 1. The average Bonchev–Trinajstić information content (AvgIpc) is 3.07. The second-order valence-electron chi connectivity index (χ2n) is 11.8. The van der Waals surface area contributed by atoms with Gasteiger partial charge in [-0.1, -0.05) is 53.7 Å². The highest BCUT2D eigenvalue weighted by Crippen LogP contribution is 2.40. The smallest absolute Gasteiger partial charge is 0.203 e. The Morgan fingerprint density at radius 2 is 1.43 bits per heavy atom. The van der Waals surface area contributed by atoms with Crippen LogP contribution in [0.5, 0.6) is 5.75 Å². The summed E-state index contributed by atoms with van der Waals surface area (Å²) in [5.41, 5.74) is 3.63. The number of nitrogens with zero attached hydrogens (tertiary/aromatic N) is 3. The molecule has 0 saturated carbocycles. The van der Waals surface area contributed by atoms with Gasteiger partial charge in [0.05, 0.1) is 30.8 Å². The fraction of sp³-hybridized carbons (Fsp3) is 0.517. The summed E-state index contributed by atoms with van der Waals surface area (Å²) < 4.78 is 9.26. The molecule has 1 aromatic heterocycles. The summed E-state index contributed by atoms with van der Waals surface area (Å²) in [6, 6.07) is 11.6. The van der Waals surface area contributed by atoms with E-state index in [9.17, 15) is 9.90 Å². The summed E-state index contributed by atoms with van der Waals surface area (Å²) in [6.45, 7) is 17.1. The van der Waals surface area contributed by atoms with E-state index < -0.39 is 0 Å². The number of para-hydroxylation sites is 2. The van der Waals surface area contributed by atoms with E-state index in [1.165, 1.54) is 0 Å². The van der Waals surface area contributed by atoms with Crippen molar-refractivity contribution in [3.8, 4) is 5.75 Å². The van der Waals surface area contributed by atoms with Gasteiger partial charge in [-0.05, 0) is 35.1 Å². The molecule has 0 amide bonds. The molecule has 0 unspecified atom stereocenters. The van der Waals surface area contributed by atoms with E-state index in [0.717, 1.165) is 55.0 Å². The number of nitrogens with one attached hydrogen (secondary N) is 1. The molecular formula is C29H41BrN4O3. The van der Waals surface area contributed by atoms with Gasteiger partial charge in [0.25, 0.3) is 0 Å². The Morgan fingerprint density at radius 3 is 1.95 bits per heavy atom. The molecule has 1 aliphatic rings. The summed E-state index contributed by atoms with van der Waals surface area (Å²) in [4.78, 5) is 16.0. The first-order valence-corrected chi connectivity index (χ1v) is 12.8. The maximum absolute atomic E-state index is 13.7. The number of ether oxygens (including phenoxy) is 1. The molecule has 3 aromatic rings. The Kier molecular flexibility index (Phi) is 8.77. The number of carbonyl (C=O) groups excluding carboxylic acids is 1. The van der Waals surface area contributed by atoms with Crippen LogP contribution in [-0.4, -0.2) is 57.8 Å². The van der Waals surface area contributed by atoms with Crippen molar-refractivity contribution in [3.63, 3.8) is 0 Å². The first-order valence-electron chi connectivity index (χ1n) is 12.8. The van der Waals surface area contributed by atoms with Crippen LogP contribution in [0.1, 0.15) is 63.0 Å². The predicted molar refractivity (Wildman–Crippen MR) is 153 cm³/mol. The minimum atomic E-state index is -0.316. The second-order valence-corrected chi connectivity index (χ2v) is 11.8. The molecule has 1 fully saturated rings. The average molecular weight is 574 g/mol. The predicted octanol–water partition coefficient (Wildman–Crippen LogP) is 5.02. The number of Topliss-reactive ketones (excluding diaryl/α,β-unsaturated/α-hetero) is 1. The normalized spacial score (nSPS) is 15.1. The molecule has 8 heteroatoms. The van der Waals surface area contributed by atoms with Crippen LogP contribution < -0.4 is 5.62 Å². The van der Waals surface area contributed by atoms with Gasteiger partial charge >= 0.3 is 0 Å². The molecule has 0 bridgehead atoms. The number of aromatic hydroxyl groups is 1. The summed E-state index contributed by atoms with van der Waals surface area (Å²) >= 11 is 0. The van der Waals surface area contributed by atoms with Crippen molar-refractivity contribution in [1.82, 2.24) is 14.0 Å². The molecule has 0 atom stereocenters. The molecule has 1 aliphatic heterocycles. The van der Waals surface area contributed by atoms with Crippen LogP contribution in [0.3, 0.4) is 0 Å². The summed E-state index contributed by atoms with van der Waals surface area (Å²) in [6.07, 6.45) is 0. The standard InChI is InChI=1S/C29H40N4O3.BrH/c1-28(2,3)21-17-20(18-22(26(21)35)29(4,5)6)25(34)19-33-24-10-8-7-9-23(24)32(27(33)30)12-11-31-13-15-36-16-14-31;/h7-10,17-18,30,35H,11-16,19H2,1-6H3;1H. The van der Waals surface area contributed by atoms with Crippen molar-refractivity contribution in [3.05, 3.63) is 58.7 Å². The van der Waals surface area contributed by atoms with Crippen molar-refractivity contribution in [1.29, 1.82) is 5.41 Å². The van der Waals surface area contributed by atoms with E-state index in [0.29, 0.717) is 17.7 Å². The number of benzene rings is 2. The molecule has 0 radical (unpaired) electrons. The maximum Gasteiger partial charge on any atom is 0.203 e. The zero-order valence-electron chi connectivity index (χ0n) is 22.9. The van der Waals surface area contributed by atoms with Crippen LogP contribution in [0.2, 0.25) is 0 Å². The van der Waals surface area contributed by atoms with Gasteiger partial charge in [0, 0.05) is 42.9 Å². The van der Waals surface area contributed by atoms with Gasteiger partial charge in [-0.25, -0.2) is 0 Å². The third kappa shape index (κ3) is 6.19.